The normalized spacial score (nSPS) is 10.9. The van der Waals surface area contributed by atoms with Crippen molar-refractivity contribution in [2.75, 3.05) is 5.32 Å². The van der Waals surface area contributed by atoms with Crippen molar-refractivity contribution in [3.8, 4) is 0 Å². The average molecular weight is 248 g/mol. The standard InChI is InChI=1S/C14H20N2O2/c1-9-6-7-11(10(2)8-9)15-12(17)13(18)16-14(3,4)5/h6-8H,1-5H3,(H,15,17)(H,16,18). The fraction of sp³-hybridized carbons (Fsp3) is 0.429. The molecular weight excluding hydrogens is 228 g/mol. The third kappa shape index (κ3) is 4.20. The summed E-state index contributed by atoms with van der Waals surface area (Å²) in [6, 6.07) is 5.65. The molecule has 0 saturated carbocycles. The van der Waals surface area contributed by atoms with E-state index in [9.17, 15) is 9.59 Å². The molecule has 1 rings (SSSR count). The van der Waals surface area contributed by atoms with Crippen LogP contribution in [0.3, 0.4) is 0 Å². The lowest BCUT2D eigenvalue weighted by Gasteiger charge is -2.20. The van der Waals surface area contributed by atoms with Gasteiger partial charge in [-0.05, 0) is 46.2 Å². The summed E-state index contributed by atoms with van der Waals surface area (Å²) in [6.45, 7) is 9.36. The van der Waals surface area contributed by atoms with Gasteiger partial charge in [0, 0.05) is 11.2 Å². The van der Waals surface area contributed by atoms with Gasteiger partial charge in [-0.3, -0.25) is 9.59 Å². The number of hydrogen-bond acceptors (Lipinski definition) is 2. The summed E-state index contributed by atoms with van der Waals surface area (Å²) in [5, 5.41) is 5.23. The minimum Gasteiger partial charge on any atom is -0.343 e. The average Bonchev–Trinajstić information content (AvgIpc) is 2.19. The first-order valence-corrected chi connectivity index (χ1v) is 5.90. The van der Waals surface area contributed by atoms with Crippen molar-refractivity contribution < 1.29 is 9.59 Å². The SMILES string of the molecule is Cc1ccc(NC(=O)C(=O)NC(C)(C)C)c(C)c1. The largest absolute Gasteiger partial charge is 0.343 e. The fourth-order valence-electron chi connectivity index (χ4n) is 1.53. The maximum absolute atomic E-state index is 11.7. The lowest BCUT2D eigenvalue weighted by atomic mass is 10.1. The summed E-state index contributed by atoms with van der Waals surface area (Å²) < 4.78 is 0. The van der Waals surface area contributed by atoms with Gasteiger partial charge in [0.2, 0.25) is 0 Å². The Hall–Kier alpha value is -1.84. The molecule has 98 valence electrons. The summed E-state index contributed by atoms with van der Waals surface area (Å²) in [7, 11) is 0. The Balaban J connectivity index is 2.73. The van der Waals surface area contributed by atoms with E-state index in [4.69, 9.17) is 0 Å². The highest BCUT2D eigenvalue weighted by molar-refractivity contribution is 6.39. The Labute approximate surface area is 108 Å². The number of benzene rings is 1. The predicted molar refractivity (Wildman–Crippen MR) is 72.4 cm³/mol. The summed E-state index contributed by atoms with van der Waals surface area (Å²) in [6.07, 6.45) is 0. The highest BCUT2D eigenvalue weighted by atomic mass is 16.2. The molecule has 0 aliphatic carbocycles. The van der Waals surface area contributed by atoms with E-state index in [2.05, 4.69) is 10.6 Å². The maximum atomic E-state index is 11.7. The Morgan fingerprint density at radius 3 is 2.17 bits per heavy atom. The summed E-state index contributed by atoms with van der Waals surface area (Å²) in [4.78, 5) is 23.3. The van der Waals surface area contributed by atoms with Crippen molar-refractivity contribution in [2.24, 2.45) is 0 Å². The zero-order valence-corrected chi connectivity index (χ0v) is 11.5. The number of aryl methyl sites for hydroxylation is 2. The van der Waals surface area contributed by atoms with Gasteiger partial charge in [-0.2, -0.15) is 0 Å². The van der Waals surface area contributed by atoms with Gasteiger partial charge in [-0.25, -0.2) is 0 Å². The molecular formula is C14H20N2O2. The third-order valence-corrected chi connectivity index (χ3v) is 2.32. The molecule has 0 atom stereocenters. The number of anilines is 1. The molecule has 2 N–H and O–H groups in total. The molecule has 0 aromatic heterocycles. The Kier molecular flexibility index (Phi) is 4.11. The molecule has 0 saturated heterocycles. The highest BCUT2D eigenvalue weighted by Gasteiger charge is 2.20. The van der Waals surface area contributed by atoms with E-state index >= 15 is 0 Å². The van der Waals surface area contributed by atoms with Crippen LogP contribution in [0.4, 0.5) is 5.69 Å². The number of carbonyl (C=O) groups excluding carboxylic acids is 2. The Bertz CT molecular complexity index is 473. The van der Waals surface area contributed by atoms with Crippen LogP contribution in [0.15, 0.2) is 18.2 Å². The first-order valence-electron chi connectivity index (χ1n) is 5.90. The van der Waals surface area contributed by atoms with Crippen LogP contribution in [0.5, 0.6) is 0 Å². The van der Waals surface area contributed by atoms with Crippen molar-refractivity contribution >= 4 is 17.5 Å². The van der Waals surface area contributed by atoms with Crippen molar-refractivity contribution in [2.45, 2.75) is 40.2 Å². The monoisotopic (exact) mass is 248 g/mol. The second-order valence-electron chi connectivity index (χ2n) is 5.48. The molecule has 4 heteroatoms. The number of nitrogens with one attached hydrogen (secondary N) is 2. The lowest BCUT2D eigenvalue weighted by molar-refractivity contribution is -0.137. The molecule has 18 heavy (non-hydrogen) atoms. The fourth-order valence-corrected chi connectivity index (χ4v) is 1.53. The number of amides is 2. The highest BCUT2D eigenvalue weighted by Crippen LogP contribution is 2.15. The summed E-state index contributed by atoms with van der Waals surface area (Å²) in [5.41, 5.74) is 2.29. The molecule has 1 aromatic carbocycles. The second kappa shape index (κ2) is 5.21. The molecule has 0 radical (unpaired) electrons. The van der Waals surface area contributed by atoms with Crippen LogP contribution < -0.4 is 10.6 Å². The topological polar surface area (TPSA) is 58.2 Å². The van der Waals surface area contributed by atoms with Crippen LogP contribution in [0, 0.1) is 13.8 Å². The van der Waals surface area contributed by atoms with Crippen LogP contribution in [0.1, 0.15) is 31.9 Å². The molecule has 0 aliphatic rings. The van der Waals surface area contributed by atoms with Crippen LogP contribution in [0.2, 0.25) is 0 Å². The van der Waals surface area contributed by atoms with Gasteiger partial charge in [0.25, 0.3) is 0 Å². The van der Waals surface area contributed by atoms with Crippen LogP contribution in [0.25, 0.3) is 0 Å². The molecule has 2 amide bonds. The molecule has 0 aliphatic heterocycles. The lowest BCUT2D eigenvalue weighted by Crippen LogP contribution is -2.46. The molecule has 0 bridgehead atoms. The van der Waals surface area contributed by atoms with Crippen molar-refractivity contribution in [3.63, 3.8) is 0 Å². The number of carbonyl (C=O) groups is 2. The van der Waals surface area contributed by atoms with E-state index in [0.717, 1.165) is 11.1 Å². The van der Waals surface area contributed by atoms with Gasteiger partial charge in [0.1, 0.15) is 0 Å². The van der Waals surface area contributed by atoms with Gasteiger partial charge in [-0.1, -0.05) is 17.7 Å². The van der Waals surface area contributed by atoms with Crippen LogP contribution in [-0.2, 0) is 9.59 Å². The molecule has 0 spiro atoms. The van der Waals surface area contributed by atoms with Crippen molar-refractivity contribution in [1.29, 1.82) is 0 Å². The molecule has 0 heterocycles. The number of rotatable bonds is 1. The van der Waals surface area contributed by atoms with Crippen LogP contribution >= 0.6 is 0 Å². The van der Waals surface area contributed by atoms with Crippen molar-refractivity contribution in [3.05, 3.63) is 29.3 Å². The minimum atomic E-state index is -0.642. The van der Waals surface area contributed by atoms with E-state index < -0.39 is 17.4 Å². The molecule has 4 nitrogen and oxygen atoms in total. The maximum Gasteiger partial charge on any atom is 0.313 e. The van der Waals surface area contributed by atoms with Gasteiger partial charge < -0.3 is 10.6 Å². The van der Waals surface area contributed by atoms with E-state index in [1.165, 1.54) is 0 Å². The van der Waals surface area contributed by atoms with Crippen LogP contribution in [-0.4, -0.2) is 17.4 Å². The van der Waals surface area contributed by atoms with E-state index in [1.807, 2.05) is 46.8 Å². The minimum absolute atomic E-state index is 0.420. The Morgan fingerprint density at radius 1 is 1.06 bits per heavy atom. The van der Waals surface area contributed by atoms with Gasteiger partial charge in [0.15, 0.2) is 0 Å². The van der Waals surface area contributed by atoms with Gasteiger partial charge in [-0.15, -0.1) is 0 Å². The number of hydrogen-bond donors (Lipinski definition) is 2. The zero-order chi connectivity index (χ0) is 13.9. The van der Waals surface area contributed by atoms with Gasteiger partial charge in [0.05, 0.1) is 0 Å². The molecule has 0 fully saturated rings. The molecule has 1 aromatic rings. The zero-order valence-electron chi connectivity index (χ0n) is 11.5. The predicted octanol–water partition coefficient (Wildman–Crippen LogP) is 2.16. The summed E-state index contributed by atoms with van der Waals surface area (Å²) in [5.74, 6) is -1.26. The second-order valence-corrected chi connectivity index (χ2v) is 5.48. The van der Waals surface area contributed by atoms with E-state index in [-0.39, 0.29) is 0 Å². The first kappa shape index (κ1) is 14.2. The van der Waals surface area contributed by atoms with Crippen molar-refractivity contribution in [1.82, 2.24) is 5.32 Å². The van der Waals surface area contributed by atoms with E-state index in [1.54, 1.807) is 6.07 Å². The molecule has 0 unspecified atom stereocenters. The third-order valence-electron chi connectivity index (χ3n) is 2.32. The smallest absolute Gasteiger partial charge is 0.313 e. The Morgan fingerprint density at radius 2 is 1.67 bits per heavy atom. The van der Waals surface area contributed by atoms with Gasteiger partial charge >= 0.3 is 11.8 Å². The summed E-state index contributed by atoms with van der Waals surface area (Å²) >= 11 is 0. The first-order chi connectivity index (χ1) is 8.19. The quantitative estimate of drug-likeness (QED) is 0.748. The van der Waals surface area contributed by atoms with E-state index in [0.29, 0.717) is 5.69 Å².